The maximum Gasteiger partial charge on any atom is 0.149 e. The molecule has 3 nitrogen and oxygen atoms in total. The molecule has 0 amide bonds. The molecule has 1 saturated heterocycles. The monoisotopic (exact) mass is 284 g/mol. The Balaban J connectivity index is 2.32. The highest BCUT2D eigenvalue weighted by Crippen LogP contribution is 2.32. The van der Waals surface area contributed by atoms with E-state index in [0.717, 1.165) is 6.54 Å². The third-order valence-corrected chi connectivity index (χ3v) is 3.57. The summed E-state index contributed by atoms with van der Waals surface area (Å²) in [4.78, 5) is 1.76. The molecule has 2 rings (SSSR count). The largest absolute Gasteiger partial charge is 0.377 e. The van der Waals surface area contributed by atoms with E-state index in [4.69, 9.17) is 4.74 Å². The number of nitrogens with zero attached hydrogens (tertiary/aromatic N) is 1. The predicted octanol–water partition coefficient (Wildman–Crippen LogP) is 2.69. The molecule has 0 atom stereocenters. The Labute approximate surface area is 118 Å². The van der Waals surface area contributed by atoms with Crippen molar-refractivity contribution in [3.05, 3.63) is 29.3 Å². The van der Waals surface area contributed by atoms with Crippen LogP contribution in [0, 0.1) is 11.6 Å². The standard InChI is InChI=1S/C15H22F2N2O/c1-4-18-9-11-7-12(16)14(13(17)8-11)19-5-6-20-10-15(19,2)3/h7-8,18H,4-6,9-10H2,1-3H3. The van der Waals surface area contributed by atoms with Crippen LogP contribution < -0.4 is 10.2 Å². The van der Waals surface area contributed by atoms with Gasteiger partial charge in [0.15, 0.2) is 0 Å². The highest BCUT2D eigenvalue weighted by Gasteiger charge is 2.34. The van der Waals surface area contributed by atoms with Gasteiger partial charge in [-0.05, 0) is 38.1 Å². The normalized spacial score (nSPS) is 18.4. The number of rotatable bonds is 4. The molecule has 1 heterocycles. The molecule has 1 aromatic carbocycles. The summed E-state index contributed by atoms with van der Waals surface area (Å²) in [5.74, 6) is -1.01. The summed E-state index contributed by atoms with van der Waals surface area (Å²) in [6, 6.07) is 2.82. The lowest BCUT2D eigenvalue weighted by molar-refractivity contribution is 0.0635. The molecule has 0 radical (unpaired) electrons. The molecule has 0 saturated carbocycles. The van der Waals surface area contributed by atoms with Crippen LogP contribution in [0.25, 0.3) is 0 Å². The van der Waals surface area contributed by atoms with Crippen LogP contribution in [0.3, 0.4) is 0 Å². The van der Waals surface area contributed by atoms with Crippen molar-refractivity contribution in [3.8, 4) is 0 Å². The first-order valence-corrected chi connectivity index (χ1v) is 6.99. The van der Waals surface area contributed by atoms with Crippen molar-refractivity contribution in [2.24, 2.45) is 0 Å². The minimum atomic E-state index is -0.507. The Morgan fingerprint density at radius 3 is 2.50 bits per heavy atom. The highest BCUT2D eigenvalue weighted by atomic mass is 19.1. The Kier molecular flexibility index (Phi) is 4.60. The van der Waals surface area contributed by atoms with Gasteiger partial charge in [0.1, 0.15) is 17.3 Å². The average molecular weight is 284 g/mol. The van der Waals surface area contributed by atoms with Crippen LogP contribution in [-0.2, 0) is 11.3 Å². The fourth-order valence-corrected chi connectivity index (χ4v) is 2.52. The first-order valence-electron chi connectivity index (χ1n) is 6.99. The van der Waals surface area contributed by atoms with Crippen molar-refractivity contribution in [1.29, 1.82) is 0 Å². The number of morpholine rings is 1. The minimum Gasteiger partial charge on any atom is -0.377 e. The van der Waals surface area contributed by atoms with Crippen LogP contribution in [0.4, 0.5) is 14.5 Å². The van der Waals surface area contributed by atoms with Gasteiger partial charge in [0.2, 0.25) is 0 Å². The van der Waals surface area contributed by atoms with E-state index in [2.05, 4.69) is 5.32 Å². The van der Waals surface area contributed by atoms with Gasteiger partial charge < -0.3 is 15.0 Å². The summed E-state index contributed by atoms with van der Waals surface area (Å²) in [5, 5.41) is 3.07. The molecule has 1 fully saturated rings. The second-order valence-electron chi connectivity index (χ2n) is 5.71. The Bertz CT molecular complexity index is 454. The van der Waals surface area contributed by atoms with Gasteiger partial charge in [0.05, 0.1) is 18.8 Å². The molecule has 1 aromatic rings. The number of nitrogens with one attached hydrogen (secondary N) is 1. The second-order valence-corrected chi connectivity index (χ2v) is 5.71. The SMILES string of the molecule is CCNCc1cc(F)c(N2CCOCC2(C)C)c(F)c1. The van der Waals surface area contributed by atoms with Crippen LogP contribution in [-0.4, -0.2) is 31.8 Å². The molecule has 20 heavy (non-hydrogen) atoms. The molecular formula is C15H22F2N2O. The zero-order valence-electron chi connectivity index (χ0n) is 12.3. The lowest BCUT2D eigenvalue weighted by Crippen LogP contribution is -2.53. The van der Waals surface area contributed by atoms with Crippen LogP contribution in [0.2, 0.25) is 0 Å². The summed E-state index contributed by atoms with van der Waals surface area (Å²) >= 11 is 0. The number of hydrogen-bond acceptors (Lipinski definition) is 3. The maximum absolute atomic E-state index is 14.3. The average Bonchev–Trinajstić information content (AvgIpc) is 2.37. The number of benzene rings is 1. The molecule has 0 spiro atoms. The van der Waals surface area contributed by atoms with E-state index in [1.54, 1.807) is 4.90 Å². The molecule has 112 valence electrons. The molecule has 0 unspecified atom stereocenters. The summed E-state index contributed by atoms with van der Waals surface area (Å²) in [7, 11) is 0. The van der Waals surface area contributed by atoms with Crippen LogP contribution >= 0.6 is 0 Å². The fourth-order valence-electron chi connectivity index (χ4n) is 2.52. The third-order valence-electron chi connectivity index (χ3n) is 3.57. The van der Waals surface area contributed by atoms with Crippen LogP contribution in [0.1, 0.15) is 26.3 Å². The number of ether oxygens (including phenoxy) is 1. The summed E-state index contributed by atoms with van der Waals surface area (Å²) in [6.45, 7) is 8.49. The van der Waals surface area contributed by atoms with Crippen LogP contribution in [0.15, 0.2) is 12.1 Å². The van der Waals surface area contributed by atoms with Gasteiger partial charge in [-0.2, -0.15) is 0 Å². The van der Waals surface area contributed by atoms with Gasteiger partial charge in [0, 0.05) is 13.1 Å². The van der Waals surface area contributed by atoms with Crippen LogP contribution in [0.5, 0.6) is 0 Å². The van der Waals surface area contributed by atoms with E-state index in [9.17, 15) is 8.78 Å². The smallest absolute Gasteiger partial charge is 0.149 e. The van der Waals surface area contributed by atoms with Gasteiger partial charge in [-0.3, -0.25) is 0 Å². The fraction of sp³-hybridized carbons (Fsp3) is 0.600. The zero-order chi connectivity index (χ0) is 14.8. The van der Waals surface area contributed by atoms with Crippen molar-refractivity contribution in [3.63, 3.8) is 0 Å². The molecule has 1 N–H and O–H groups in total. The van der Waals surface area contributed by atoms with E-state index in [0.29, 0.717) is 31.9 Å². The van der Waals surface area contributed by atoms with Gasteiger partial charge in [-0.25, -0.2) is 8.78 Å². The van der Waals surface area contributed by atoms with Crippen molar-refractivity contribution in [2.75, 3.05) is 31.2 Å². The molecule has 0 bridgehead atoms. The molecule has 0 aliphatic carbocycles. The first kappa shape index (κ1) is 15.2. The number of hydrogen-bond donors (Lipinski definition) is 1. The molecule has 1 aliphatic heterocycles. The number of halogens is 2. The van der Waals surface area contributed by atoms with E-state index in [-0.39, 0.29) is 5.69 Å². The Morgan fingerprint density at radius 2 is 1.95 bits per heavy atom. The molecule has 5 heteroatoms. The minimum absolute atomic E-state index is 0.0542. The van der Waals surface area contributed by atoms with Crippen molar-refractivity contribution in [2.45, 2.75) is 32.9 Å². The Hall–Kier alpha value is -1.20. The topological polar surface area (TPSA) is 24.5 Å². The quantitative estimate of drug-likeness (QED) is 0.920. The Morgan fingerprint density at radius 1 is 1.30 bits per heavy atom. The lowest BCUT2D eigenvalue weighted by atomic mass is 10.0. The van der Waals surface area contributed by atoms with Crippen molar-refractivity contribution >= 4 is 5.69 Å². The lowest BCUT2D eigenvalue weighted by Gasteiger charge is -2.44. The zero-order valence-corrected chi connectivity index (χ0v) is 12.3. The maximum atomic E-state index is 14.3. The number of anilines is 1. The van der Waals surface area contributed by atoms with Gasteiger partial charge in [0.25, 0.3) is 0 Å². The van der Waals surface area contributed by atoms with Gasteiger partial charge in [-0.15, -0.1) is 0 Å². The van der Waals surface area contributed by atoms with E-state index < -0.39 is 17.2 Å². The second kappa shape index (κ2) is 6.06. The van der Waals surface area contributed by atoms with E-state index in [1.807, 2.05) is 20.8 Å². The highest BCUT2D eigenvalue weighted by molar-refractivity contribution is 5.53. The summed E-state index contributed by atoms with van der Waals surface area (Å²) < 4.78 is 34.0. The summed E-state index contributed by atoms with van der Waals surface area (Å²) in [5.41, 5.74) is 0.263. The van der Waals surface area contributed by atoms with Gasteiger partial charge in [-0.1, -0.05) is 6.92 Å². The van der Waals surface area contributed by atoms with Crippen molar-refractivity contribution < 1.29 is 13.5 Å². The third kappa shape index (κ3) is 3.10. The van der Waals surface area contributed by atoms with E-state index >= 15 is 0 Å². The van der Waals surface area contributed by atoms with Gasteiger partial charge >= 0.3 is 0 Å². The van der Waals surface area contributed by atoms with Crippen molar-refractivity contribution in [1.82, 2.24) is 5.32 Å². The molecule has 1 aliphatic rings. The summed E-state index contributed by atoms with van der Waals surface area (Å²) in [6.07, 6.45) is 0. The first-order chi connectivity index (χ1) is 9.45. The molecule has 0 aromatic heterocycles. The predicted molar refractivity (Wildman–Crippen MR) is 76.0 cm³/mol. The molecular weight excluding hydrogens is 262 g/mol. The van der Waals surface area contributed by atoms with E-state index in [1.165, 1.54) is 12.1 Å².